The maximum atomic E-state index is 4.40. The lowest BCUT2D eigenvalue weighted by molar-refractivity contribution is 0.405. The Hall–Kier alpha value is -1.16. The summed E-state index contributed by atoms with van der Waals surface area (Å²) in [5, 5.41) is 3.31. The summed E-state index contributed by atoms with van der Waals surface area (Å²) in [6.45, 7) is 5.96. The molecule has 15 heavy (non-hydrogen) atoms. The zero-order valence-electron chi connectivity index (χ0n) is 10.0. The Balaban J connectivity index is 2.40. The molecule has 0 saturated carbocycles. The van der Waals surface area contributed by atoms with Crippen molar-refractivity contribution in [2.24, 2.45) is 0 Å². The molecule has 0 aliphatic rings. The molecule has 0 amide bonds. The molecule has 1 N–H and O–H groups in total. The largest absolute Gasteiger partial charge is 0.369 e. The van der Waals surface area contributed by atoms with Crippen LogP contribution in [0.1, 0.15) is 17.8 Å². The first-order valence-electron chi connectivity index (χ1n) is 5.28. The number of hydrogen-bond acceptors (Lipinski definition) is 4. The summed E-state index contributed by atoms with van der Waals surface area (Å²) < 4.78 is 0. The average molecular weight is 208 g/mol. The molecule has 1 heterocycles. The number of aryl methyl sites for hydroxylation is 2. The number of anilines is 1. The summed E-state index contributed by atoms with van der Waals surface area (Å²) in [7, 11) is 4.16. The van der Waals surface area contributed by atoms with Crippen LogP contribution in [0.5, 0.6) is 0 Å². The summed E-state index contributed by atoms with van der Waals surface area (Å²) in [6, 6.07) is 0. The van der Waals surface area contributed by atoms with Crippen LogP contribution in [0.2, 0.25) is 0 Å². The van der Waals surface area contributed by atoms with Gasteiger partial charge in [0.25, 0.3) is 0 Å². The number of aromatic nitrogens is 2. The van der Waals surface area contributed by atoms with Gasteiger partial charge in [0, 0.05) is 12.7 Å². The Morgan fingerprint density at radius 3 is 2.73 bits per heavy atom. The molecule has 0 aromatic carbocycles. The fraction of sp³-hybridized carbons (Fsp3) is 0.636. The van der Waals surface area contributed by atoms with Crippen molar-refractivity contribution in [1.82, 2.24) is 14.9 Å². The monoisotopic (exact) mass is 208 g/mol. The highest BCUT2D eigenvalue weighted by molar-refractivity contribution is 5.39. The van der Waals surface area contributed by atoms with E-state index in [9.17, 15) is 0 Å². The fourth-order valence-electron chi connectivity index (χ4n) is 1.31. The zero-order valence-corrected chi connectivity index (χ0v) is 10.0. The van der Waals surface area contributed by atoms with Crippen molar-refractivity contribution < 1.29 is 0 Å². The maximum absolute atomic E-state index is 4.40. The third kappa shape index (κ3) is 4.25. The molecule has 0 aliphatic heterocycles. The van der Waals surface area contributed by atoms with E-state index in [0.29, 0.717) is 0 Å². The van der Waals surface area contributed by atoms with Crippen LogP contribution >= 0.6 is 0 Å². The molecule has 0 bridgehead atoms. The topological polar surface area (TPSA) is 41.1 Å². The van der Waals surface area contributed by atoms with Gasteiger partial charge in [0.2, 0.25) is 0 Å². The minimum absolute atomic E-state index is 0.911. The van der Waals surface area contributed by atoms with Crippen molar-refractivity contribution in [2.75, 3.05) is 32.5 Å². The normalized spacial score (nSPS) is 10.7. The van der Waals surface area contributed by atoms with Gasteiger partial charge in [-0.2, -0.15) is 0 Å². The van der Waals surface area contributed by atoms with E-state index in [4.69, 9.17) is 0 Å². The lowest BCUT2D eigenvalue weighted by Gasteiger charge is -2.11. The molecule has 0 atom stereocenters. The van der Waals surface area contributed by atoms with Gasteiger partial charge >= 0.3 is 0 Å². The van der Waals surface area contributed by atoms with Crippen molar-refractivity contribution in [2.45, 2.75) is 20.3 Å². The Morgan fingerprint density at radius 1 is 1.33 bits per heavy atom. The molecule has 84 valence electrons. The molecule has 1 aromatic rings. The van der Waals surface area contributed by atoms with Crippen molar-refractivity contribution >= 4 is 5.82 Å². The highest BCUT2D eigenvalue weighted by Crippen LogP contribution is 2.08. The van der Waals surface area contributed by atoms with Gasteiger partial charge in [-0.1, -0.05) is 0 Å². The van der Waals surface area contributed by atoms with Crippen LogP contribution in [0.3, 0.4) is 0 Å². The summed E-state index contributed by atoms with van der Waals surface area (Å²) in [6.07, 6.45) is 2.91. The van der Waals surface area contributed by atoms with Crippen LogP contribution in [-0.2, 0) is 0 Å². The van der Waals surface area contributed by atoms with Crippen molar-refractivity contribution in [3.63, 3.8) is 0 Å². The summed E-state index contributed by atoms with van der Waals surface area (Å²) in [5.74, 6) is 0.911. The molecule has 4 heteroatoms. The third-order valence-electron chi connectivity index (χ3n) is 2.15. The molecule has 0 saturated heterocycles. The predicted octanol–water partition coefficient (Wildman–Crippen LogP) is 1.46. The molecule has 4 nitrogen and oxygen atoms in total. The Bertz CT molecular complexity index is 309. The molecule has 0 unspecified atom stereocenters. The average Bonchev–Trinajstić information content (AvgIpc) is 2.17. The van der Waals surface area contributed by atoms with E-state index < -0.39 is 0 Å². The zero-order chi connectivity index (χ0) is 11.3. The van der Waals surface area contributed by atoms with E-state index in [-0.39, 0.29) is 0 Å². The Kier molecular flexibility index (Phi) is 4.49. The molecule has 0 fully saturated rings. The predicted molar refractivity (Wildman–Crippen MR) is 63.2 cm³/mol. The Labute approximate surface area is 91.7 Å². The van der Waals surface area contributed by atoms with Crippen LogP contribution in [0, 0.1) is 13.8 Å². The van der Waals surface area contributed by atoms with Crippen LogP contribution in [-0.4, -0.2) is 42.1 Å². The van der Waals surface area contributed by atoms with Gasteiger partial charge in [-0.15, -0.1) is 0 Å². The van der Waals surface area contributed by atoms with E-state index in [1.54, 1.807) is 6.20 Å². The Morgan fingerprint density at radius 2 is 2.07 bits per heavy atom. The van der Waals surface area contributed by atoms with Gasteiger partial charge < -0.3 is 10.2 Å². The fourth-order valence-corrected chi connectivity index (χ4v) is 1.31. The summed E-state index contributed by atoms with van der Waals surface area (Å²) >= 11 is 0. The molecular formula is C11H20N4. The van der Waals surface area contributed by atoms with Crippen molar-refractivity contribution in [3.8, 4) is 0 Å². The number of nitrogens with zero attached hydrogens (tertiary/aromatic N) is 3. The molecule has 1 aromatic heterocycles. The standard InChI is InChI=1S/C11H20N4/c1-9-8-13-10(2)11(14-9)12-6-5-7-15(3)4/h8H,5-7H2,1-4H3,(H,12,14). The van der Waals surface area contributed by atoms with Crippen LogP contribution in [0.15, 0.2) is 6.20 Å². The third-order valence-corrected chi connectivity index (χ3v) is 2.15. The summed E-state index contributed by atoms with van der Waals surface area (Å²) in [4.78, 5) is 10.8. The smallest absolute Gasteiger partial charge is 0.147 e. The molecular weight excluding hydrogens is 188 g/mol. The molecule has 0 spiro atoms. The lowest BCUT2D eigenvalue weighted by atomic mass is 10.3. The first kappa shape index (κ1) is 11.9. The number of rotatable bonds is 5. The molecule has 0 aliphatic carbocycles. The highest BCUT2D eigenvalue weighted by Gasteiger charge is 2.00. The second-order valence-corrected chi connectivity index (χ2v) is 4.03. The van der Waals surface area contributed by atoms with Gasteiger partial charge in [0.05, 0.1) is 11.4 Å². The second kappa shape index (κ2) is 5.66. The minimum atomic E-state index is 0.911. The van der Waals surface area contributed by atoms with Gasteiger partial charge in [-0.25, -0.2) is 4.98 Å². The van der Waals surface area contributed by atoms with Crippen LogP contribution in [0.4, 0.5) is 5.82 Å². The minimum Gasteiger partial charge on any atom is -0.369 e. The lowest BCUT2D eigenvalue weighted by Crippen LogP contribution is -2.17. The van der Waals surface area contributed by atoms with E-state index in [1.807, 2.05) is 13.8 Å². The number of nitrogens with one attached hydrogen (secondary N) is 1. The van der Waals surface area contributed by atoms with Crippen molar-refractivity contribution in [1.29, 1.82) is 0 Å². The number of hydrogen-bond donors (Lipinski definition) is 1. The van der Waals surface area contributed by atoms with Crippen molar-refractivity contribution in [3.05, 3.63) is 17.6 Å². The van der Waals surface area contributed by atoms with Gasteiger partial charge in [0.15, 0.2) is 0 Å². The van der Waals surface area contributed by atoms with Gasteiger partial charge in [-0.3, -0.25) is 4.98 Å². The quantitative estimate of drug-likeness (QED) is 0.744. The first-order chi connectivity index (χ1) is 7.09. The van der Waals surface area contributed by atoms with E-state index in [2.05, 4.69) is 34.3 Å². The second-order valence-electron chi connectivity index (χ2n) is 4.03. The van der Waals surface area contributed by atoms with Crippen LogP contribution in [0.25, 0.3) is 0 Å². The molecule has 0 radical (unpaired) electrons. The highest BCUT2D eigenvalue weighted by atomic mass is 15.1. The molecule has 1 rings (SSSR count). The first-order valence-corrected chi connectivity index (χ1v) is 5.28. The van der Waals surface area contributed by atoms with E-state index in [1.165, 1.54) is 0 Å². The van der Waals surface area contributed by atoms with Gasteiger partial charge in [-0.05, 0) is 40.9 Å². The maximum Gasteiger partial charge on any atom is 0.147 e. The van der Waals surface area contributed by atoms with E-state index >= 15 is 0 Å². The summed E-state index contributed by atoms with van der Waals surface area (Å²) in [5.41, 5.74) is 1.92. The van der Waals surface area contributed by atoms with E-state index in [0.717, 1.165) is 36.7 Å². The van der Waals surface area contributed by atoms with Crippen LogP contribution < -0.4 is 5.32 Å². The van der Waals surface area contributed by atoms with Gasteiger partial charge in [0.1, 0.15) is 5.82 Å². The SMILES string of the molecule is Cc1cnc(C)c(NCCCN(C)C)n1.